The summed E-state index contributed by atoms with van der Waals surface area (Å²) in [5.41, 5.74) is 0.308. The highest BCUT2D eigenvalue weighted by atomic mass is 32.2. The molecule has 0 aliphatic carbocycles. The predicted molar refractivity (Wildman–Crippen MR) is 55.7 cm³/mol. The van der Waals surface area contributed by atoms with Gasteiger partial charge in [0.2, 0.25) is 0 Å². The van der Waals surface area contributed by atoms with Crippen molar-refractivity contribution in [3.63, 3.8) is 0 Å². The number of para-hydroxylation sites is 1. The first-order valence-electron chi connectivity index (χ1n) is 4.16. The third-order valence-electron chi connectivity index (χ3n) is 1.72. The largest absolute Gasteiger partial charge is 0.480 e. The van der Waals surface area contributed by atoms with E-state index < -0.39 is 15.8 Å². The Hall–Kier alpha value is -1.56. The van der Waals surface area contributed by atoms with Crippen LogP contribution in [-0.2, 0) is 14.6 Å². The highest BCUT2D eigenvalue weighted by Crippen LogP contribution is 2.19. The summed E-state index contributed by atoms with van der Waals surface area (Å²) in [5.74, 6) is -1.04. The fraction of sp³-hybridized carbons (Fsp3) is 0.222. The first-order valence-corrected chi connectivity index (χ1v) is 6.05. The maximum absolute atomic E-state index is 11.3. The number of carbonyl (C=O) groups is 1. The number of carboxylic acids is 1. The molecular weight excluding hydrogens is 218 g/mol. The molecule has 82 valence electrons. The van der Waals surface area contributed by atoms with Gasteiger partial charge in [0.15, 0.2) is 9.84 Å². The highest BCUT2D eigenvalue weighted by Gasteiger charge is 2.12. The number of nitrogens with one attached hydrogen (secondary N) is 1. The van der Waals surface area contributed by atoms with Crippen molar-refractivity contribution >= 4 is 21.5 Å². The van der Waals surface area contributed by atoms with E-state index in [9.17, 15) is 13.2 Å². The zero-order valence-electron chi connectivity index (χ0n) is 8.10. The lowest BCUT2D eigenvalue weighted by Gasteiger charge is -2.08. The fourth-order valence-corrected chi connectivity index (χ4v) is 1.97. The average molecular weight is 229 g/mol. The molecule has 0 aromatic heterocycles. The summed E-state index contributed by atoms with van der Waals surface area (Å²) in [5, 5.41) is 11.0. The molecule has 0 aliphatic rings. The number of carboxylic acid groups (broad SMARTS) is 1. The SMILES string of the molecule is CS(=O)(=O)c1ccccc1NCC(=O)O. The monoisotopic (exact) mass is 229 g/mol. The van der Waals surface area contributed by atoms with Crippen LogP contribution in [-0.4, -0.2) is 32.3 Å². The number of sulfone groups is 1. The van der Waals surface area contributed by atoms with Gasteiger partial charge in [0.25, 0.3) is 0 Å². The first kappa shape index (κ1) is 11.5. The molecule has 5 nitrogen and oxygen atoms in total. The van der Waals surface area contributed by atoms with E-state index in [4.69, 9.17) is 5.11 Å². The Bertz CT molecular complexity index is 467. The summed E-state index contributed by atoms with van der Waals surface area (Å²) in [7, 11) is -3.34. The van der Waals surface area contributed by atoms with Crippen LogP contribution in [0.2, 0.25) is 0 Å². The van der Waals surface area contributed by atoms with Crippen molar-refractivity contribution in [3.8, 4) is 0 Å². The molecule has 0 radical (unpaired) electrons. The van der Waals surface area contributed by atoms with E-state index in [0.29, 0.717) is 5.69 Å². The smallest absolute Gasteiger partial charge is 0.322 e. The van der Waals surface area contributed by atoms with Crippen molar-refractivity contribution in [2.75, 3.05) is 18.1 Å². The van der Waals surface area contributed by atoms with Crippen LogP contribution < -0.4 is 5.32 Å². The molecule has 6 heteroatoms. The maximum Gasteiger partial charge on any atom is 0.322 e. The second-order valence-corrected chi connectivity index (χ2v) is 5.00. The molecule has 1 aromatic rings. The van der Waals surface area contributed by atoms with Crippen molar-refractivity contribution in [1.29, 1.82) is 0 Å². The van der Waals surface area contributed by atoms with Crippen LogP contribution in [0.4, 0.5) is 5.69 Å². The molecule has 15 heavy (non-hydrogen) atoms. The van der Waals surface area contributed by atoms with E-state index in [1.165, 1.54) is 12.1 Å². The highest BCUT2D eigenvalue weighted by molar-refractivity contribution is 7.90. The molecule has 0 saturated carbocycles. The Labute approximate surface area is 87.7 Å². The zero-order chi connectivity index (χ0) is 11.5. The van der Waals surface area contributed by atoms with Crippen LogP contribution in [0.25, 0.3) is 0 Å². The van der Waals surface area contributed by atoms with Gasteiger partial charge in [-0.25, -0.2) is 8.42 Å². The number of anilines is 1. The summed E-state index contributed by atoms with van der Waals surface area (Å²) in [6.07, 6.45) is 1.08. The van der Waals surface area contributed by atoms with Crippen molar-refractivity contribution in [1.82, 2.24) is 0 Å². The Morgan fingerprint density at radius 2 is 2.00 bits per heavy atom. The second-order valence-electron chi connectivity index (χ2n) is 3.02. The van der Waals surface area contributed by atoms with Crippen molar-refractivity contribution in [3.05, 3.63) is 24.3 Å². The molecule has 0 bridgehead atoms. The molecular formula is C9H11NO4S. The van der Waals surface area contributed by atoms with Crippen LogP contribution in [0.15, 0.2) is 29.2 Å². The zero-order valence-corrected chi connectivity index (χ0v) is 8.91. The lowest BCUT2D eigenvalue weighted by atomic mass is 10.3. The number of aliphatic carboxylic acids is 1. The minimum Gasteiger partial charge on any atom is -0.480 e. The van der Waals surface area contributed by atoms with E-state index in [1.54, 1.807) is 12.1 Å². The Balaban J connectivity index is 3.02. The van der Waals surface area contributed by atoms with Crippen LogP contribution in [0.1, 0.15) is 0 Å². The van der Waals surface area contributed by atoms with Crippen LogP contribution in [0.3, 0.4) is 0 Å². The van der Waals surface area contributed by atoms with E-state index in [2.05, 4.69) is 5.32 Å². The Morgan fingerprint density at radius 3 is 2.53 bits per heavy atom. The summed E-state index contributed by atoms with van der Waals surface area (Å²) in [4.78, 5) is 10.4. The lowest BCUT2D eigenvalue weighted by molar-refractivity contribution is -0.134. The van der Waals surface area contributed by atoms with Gasteiger partial charge in [-0.3, -0.25) is 4.79 Å². The number of hydrogen-bond donors (Lipinski definition) is 2. The number of hydrogen-bond acceptors (Lipinski definition) is 4. The number of rotatable bonds is 4. The van der Waals surface area contributed by atoms with Gasteiger partial charge in [-0.2, -0.15) is 0 Å². The molecule has 0 fully saturated rings. The summed E-state index contributed by atoms with van der Waals surface area (Å²) < 4.78 is 22.6. The Morgan fingerprint density at radius 1 is 1.40 bits per heavy atom. The van der Waals surface area contributed by atoms with E-state index in [-0.39, 0.29) is 11.4 Å². The van der Waals surface area contributed by atoms with Gasteiger partial charge < -0.3 is 10.4 Å². The minimum absolute atomic E-state index is 0.103. The molecule has 0 saturated heterocycles. The molecule has 0 aliphatic heterocycles. The van der Waals surface area contributed by atoms with Crippen molar-refractivity contribution in [2.24, 2.45) is 0 Å². The van der Waals surface area contributed by atoms with E-state index >= 15 is 0 Å². The first-order chi connectivity index (χ1) is 6.91. The third-order valence-corrected chi connectivity index (χ3v) is 2.87. The van der Waals surface area contributed by atoms with Crippen molar-refractivity contribution in [2.45, 2.75) is 4.90 Å². The molecule has 0 amide bonds. The van der Waals surface area contributed by atoms with Gasteiger partial charge in [0, 0.05) is 6.26 Å². The molecule has 0 spiro atoms. The van der Waals surface area contributed by atoms with Gasteiger partial charge in [-0.05, 0) is 12.1 Å². The predicted octanol–water partition coefficient (Wildman–Crippen LogP) is 0.587. The molecule has 2 N–H and O–H groups in total. The molecule has 0 atom stereocenters. The lowest BCUT2D eigenvalue weighted by Crippen LogP contribution is -2.14. The van der Waals surface area contributed by atoms with Gasteiger partial charge >= 0.3 is 5.97 Å². The third kappa shape index (κ3) is 3.25. The second kappa shape index (κ2) is 4.31. The van der Waals surface area contributed by atoms with Crippen LogP contribution >= 0.6 is 0 Å². The van der Waals surface area contributed by atoms with Crippen LogP contribution in [0, 0.1) is 0 Å². The molecule has 0 unspecified atom stereocenters. The number of benzene rings is 1. The van der Waals surface area contributed by atoms with Crippen molar-refractivity contribution < 1.29 is 18.3 Å². The summed E-state index contributed by atoms with van der Waals surface area (Å²) in [6, 6.07) is 6.18. The standard InChI is InChI=1S/C9H11NO4S/c1-15(13,14)8-5-3-2-4-7(8)10-6-9(11)12/h2-5,10H,6H2,1H3,(H,11,12). The van der Waals surface area contributed by atoms with E-state index in [0.717, 1.165) is 6.26 Å². The molecule has 0 heterocycles. The minimum atomic E-state index is -3.34. The Kier molecular flexibility index (Phi) is 3.31. The van der Waals surface area contributed by atoms with Gasteiger partial charge in [-0.15, -0.1) is 0 Å². The van der Waals surface area contributed by atoms with E-state index in [1.807, 2.05) is 0 Å². The van der Waals surface area contributed by atoms with Crippen LogP contribution in [0.5, 0.6) is 0 Å². The van der Waals surface area contributed by atoms with Gasteiger partial charge in [0.05, 0.1) is 10.6 Å². The average Bonchev–Trinajstić information content (AvgIpc) is 2.13. The van der Waals surface area contributed by atoms with Gasteiger partial charge in [-0.1, -0.05) is 12.1 Å². The summed E-state index contributed by atoms with van der Waals surface area (Å²) >= 11 is 0. The fourth-order valence-electron chi connectivity index (χ4n) is 1.11. The molecule has 1 aromatic carbocycles. The molecule has 1 rings (SSSR count). The van der Waals surface area contributed by atoms with Gasteiger partial charge in [0.1, 0.15) is 6.54 Å². The normalized spacial score (nSPS) is 11.0. The maximum atomic E-state index is 11.3. The quantitative estimate of drug-likeness (QED) is 0.789. The summed E-state index contributed by atoms with van der Waals surface area (Å²) in [6.45, 7) is -0.313. The topological polar surface area (TPSA) is 83.5 Å².